The summed E-state index contributed by atoms with van der Waals surface area (Å²) in [5, 5.41) is 5.43. The SMILES string of the molecule is COC(=O)c1ccc(NC(=O)CCNC(=O)C=Cc2ccc(OC)cc2)c(C)c1. The number of aryl methyl sites for hydroxylation is 1. The Morgan fingerprint density at radius 1 is 1.03 bits per heavy atom. The Morgan fingerprint density at radius 3 is 2.38 bits per heavy atom. The molecule has 152 valence electrons. The quantitative estimate of drug-likeness (QED) is 0.529. The van der Waals surface area contributed by atoms with Crippen molar-refractivity contribution in [3.05, 3.63) is 65.2 Å². The molecular weight excluding hydrogens is 372 g/mol. The average molecular weight is 396 g/mol. The minimum atomic E-state index is -0.434. The predicted octanol–water partition coefficient (Wildman–Crippen LogP) is 2.95. The molecule has 7 nitrogen and oxygen atoms in total. The highest BCUT2D eigenvalue weighted by atomic mass is 16.5. The van der Waals surface area contributed by atoms with E-state index >= 15 is 0 Å². The molecule has 2 rings (SSSR count). The van der Waals surface area contributed by atoms with Gasteiger partial charge in [-0.3, -0.25) is 9.59 Å². The molecule has 29 heavy (non-hydrogen) atoms. The first-order valence-corrected chi connectivity index (χ1v) is 9.01. The predicted molar refractivity (Wildman–Crippen MR) is 111 cm³/mol. The van der Waals surface area contributed by atoms with Crippen LogP contribution in [0.5, 0.6) is 5.75 Å². The van der Waals surface area contributed by atoms with Crippen LogP contribution >= 0.6 is 0 Å². The van der Waals surface area contributed by atoms with Gasteiger partial charge in [-0.1, -0.05) is 12.1 Å². The van der Waals surface area contributed by atoms with Crippen molar-refractivity contribution in [3.63, 3.8) is 0 Å². The normalized spacial score (nSPS) is 10.4. The van der Waals surface area contributed by atoms with Crippen LogP contribution in [-0.2, 0) is 14.3 Å². The number of benzene rings is 2. The van der Waals surface area contributed by atoms with Crippen LogP contribution in [0.2, 0.25) is 0 Å². The highest BCUT2D eigenvalue weighted by molar-refractivity contribution is 5.95. The van der Waals surface area contributed by atoms with Crippen molar-refractivity contribution in [2.24, 2.45) is 0 Å². The number of carbonyl (C=O) groups is 3. The third kappa shape index (κ3) is 6.80. The minimum absolute atomic E-state index is 0.125. The number of amides is 2. The Balaban J connectivity index is 1.78. The molecule has 0 aromatic heterocycles. The molecular formula is C22H24N2O5. The second-order valence-electron chi connectivity index (χ2n) is 6.22. The Labute approximate surface area is 169 Å². The van der Waals surface area contributed by atoms with Gasteiger partial charge in [0.25, 0.3) is 0 Å². The number of anilines is 1. The second-order valence-corrected chi connectivity index (χ2v) is 6.22. The lowest BCUT2D eigenvalue weighted by molar-refractivity contribution is -0.117. The van der Waals surface area contributed by atoms with E-state index in [1.54, 1.807) is 38.3 Å². The van der Waals surface area contributed by atoms with E-state index < -0.39 is 5.97 Å². The van der Waals surface area contributed by atoms with Crippen LogP contribution < -0.4 is 15.4 Å². The molecule has 0 aliphatic carbocycles. The van der Waals surface area contributed by atoms with E-state index in [1.807, 2.05) is 24.3 Å². The Bertz CT molecular complexity index is 904. The number of nitrogens with one attached hydrogen (secondary N) is 2. The van der Waals surface area contributed by atoms with Gasteiger partial charge in [-0.05, 0) is 54.5 Å². The topological polar surface area (TPSA) is 93.7 Å². The van der Waals surface area contributed by atoms with Gasteiger partial charge < -0.3 is 20.1 Å². The van der Waals surface area contributed by atoms with Gasteiger partial charge in [0.2, 0.25) is 11.8 Å². The number of hydrogen-bond acceptors (Lipinski definition) is 5. The zero-order valence-electron chi connectivity index (χ0n) is 16.7. The first kappa shape index (κ1) is 21.7. The smallest absolute Gasteiger partial charge is 0.337 e. The second kappa shape index (κ2) is 10.7. The van der Waals surface area contributed by atoms with E-state index in [9.17, 15) is 14.4 Å². The first-order chi connectivity index (χ1) is 13.9. The van der Waals surface area contributed by atoms with Crippen LogP contribution in [0.15, 0.2) is 48.5 Å². The lowest BCUT2D eigenvalue weighted by Crippen LogP contribution is -2.26. The number of esters is 1. The Kier molecular flexibility index (Phi) is 7.97. The molecule has 2 aromatic rings. The van der Waals surface area contributed by atoms with Crippen LogP contribution in [-0.4, -0.2) is 38.5 Å². The molecule has 2 N–H and O–H groups in total. The summed E-state index contributed by atoms with van der Waals surface area (Å²) in [5.74, 6) is -0.213. The summed E-state index contributed by atoms with van der Waals surface area (Å²) in [4.78, 5) is 35.5. The van der Waals surface area contributed by atoms with E-state index in [0.29, 0.717) is 11.3 Å². The molecule has 0 saturated carbocycles. The van der Waals surface area contributed by atoms with Gasteiger partial charge in [0.15, 0.2) is 0 Å². The number of methoxy groups -OCH3 is 2. The van der Waals surface area contributed by atoms with Gasteiger partial charge in [0.1, 0.15) is 5.75 Å². The van der Waals surface area contributed by atoms with Crippen LogP contribution in [0, 0.1) is 6.92 Å². The molecule has 0 aliphatic heterocycles. The standard InChI is InChI=1S/C22H24N2O5/c1-15-14-17(22(27)29-3)7-10-19(15)24-21(26)12-13-23-20(25)11-6-16-4-8-18(28-2)9-5-16/h4-11,14H,12-13H2,1-3H3,(H,23,25)(H,24,26). The summed E-state index contributed by atoms with van der Waals surface area (Å²) in [6.45, 7) is 1.99. The van der Waals surface area contributed by atoms with E-state index in [-0.39, 0.29) is 24.8 Å². The maximum atomic E-state index is 12.1. The fourth-order valence-corrected chi connectivity index (χ4v) is 2.51. The van der Waals surface area contributed by atoms with E-state index in [4.69, 9.17) is 4.74 Å². The third-order valence-electron chi connectivity index (χ3n) is 4.12. The van der Waals surface area contributed by atoms with Gasteiger partial charge >= 0.3 is 5.97 Å². The fourth-order valence-electron chi connectivity index (χ4n) is 2.51. The highest BCUT2D eigenvalue weighted by Crippen LogP contribution is 2.17. The zero-order valence-corrected chi connectivity index (χ0v) is 16.7. The molecule has 0 spiro atoms. The molecule has 2 amide bonds. The lowest BCUT2D eigenvalue weighted by Gasteiger charge is -2.10. The van der Waals surface area contributed by atoms with Crippen LogP contribution in [0.4, 0.5) is 5.69 Å². The summed E-state index contributed by atoms with van der Waals surface area (Å²) in [6, 6.07) is 12.2. The van der Waals surface area contributed by atoms with E-state index in [0.717, 1.165) is 16.9 Å². The molecule has 0 saturated heterocycles. The molecule has 0 atom stereocenters. The van der Waals surface area contributed by atoms with Gasteiger partial charge in [0, 0.05) is 24.7 Å². The molecule has 0 radical (unpaired) electrons. The monoisotopic (exact) mass is 396 g/mol. The summed E-state index contributed by atoms with van der Waals surface area (Å²) in [6.07, 6.45) is 3.22. The molecule has 2 aromatic carbocycles. The summed E-state index contributed by atoms with van der Waals surface area (Å²) in [5.41, 5.74) is 2.63. The minimum Gasteiger partial charge on any atom is -0.497 e. The molecule has 0 heterocycles. The van der Waals surface area contributed by atoms with E-state index in [1.165, 1.54) is 13.2 Å². The van der Waals surface area contributed by atoms with Crippen LogP contribution in [0.1, 0.15) is 27.9 Å². The number of rotatable bonds is 8. The Hall–Kier alpha value is -3.61. The molecule has 0 fully saturated rings. The maximum absolute atomic E-state index is 12.1. The zero-order chi connectivity index (χ0) is 21.2. The van der Waals surface area contributed by atoms with Crippen molar-refractivity contribution in [3.8, 4) is 5.75 Å². The number of hydrogen-bond donors (Lipinski definition) is 2. The summed E-state index contributed by atoms with van der Waals surface area (Å²) in [7, 11) is 2.90. The fraction of sp³-hybridized carbons (Fsp3) is 0.227. The first-order valence-electron chi connectivity index (χ1n) is 9.01. The third-order valence-corrected chi connectivity index (χ3v) is 4.12. The maximum Gasteiger partial charge on any atom is 0.337 e. The number of ether oxygens (including phenoxy) is 2. The highest BCUT2D eigenvalue weighted by Gasteiger charge is 2.10. The van der Waals surface area contributed by atoms with Crippen LogP contribution in [0.25, 0.3) is 6.08 Å². The van der Waals surface area contributed by atoms with Crippen molar-refractivity contribution in [1.82, 2.24) is 5.32 Å². The van der Waals surface area contributed by atoms with Crippen molar-refractivity contribution in [2.75, 3.05) is 26.1 Å². The molecule has 0 aliphatic rings. The van der Waals surface area contributed by atoms with Gasteiger partial charge in [-0.25, -0.2) is 4.79 Å². The molecule has 0 bridgehead atoms. The van der Waals surface area contributed by atoms with Crippen molar-refractivity contribution in [2.45, 2.75) is 13.3 Å². The molecule has 7 heteroatoms. The number of carbonyl (C=O) groups excluding carboxylic acids is 3. The van der Waals surface area contributed by atoms with Gasteiger partial charge in [-0.2, -0.15) is 0 Å². The Morgan fingerprint density at radius 2 is 1.76 bits per heavy atom. The lowest BCUT2D eigenvalue weighted by atomic mass is 10.1. The van der Waals surface area contributed by atoms with Gasteiger partial charge in [0.05, 0.1) is 19.8 Å². The van der Waals surface area contributed by atoms with Crippen LogP contribution in [0.3, 0.4) is 0 Å². The molecule has 0 unspecified atom stereocenters. The van der Waals surface area contributed by atoms with Crippen molar-refractivity contribution < 1.29 is 23.9 Å². The largest absolute Gasteiger partial charge is 0.497 e. The van der Waals surface area contributed by atoms with Crippen molar-refractivity contribution >= 4 is 29.5 Å². The average Bonchev–Trinajstić information content (AvgIpc) is 2.73. The summed E-state index contributed by atoms with van der Waals surface area (Å²) >= 11 is 0. The van der Waals surface area contributed by atoms with E-state index in [2.05, 4.69) is 15.4 Å². The van der Waals surface area contributed by atoms with Crippen molar-refractivity contribution in [1.29, 1.82) is 0 Å². The summed E-state index contributed by atoms with van der Waals surface area (Å²) < 4.78 is 9.75. The van der Waals surface area contributed by atoms with Gasteiger partial charge in [-0.15, -0.1) is 0 Å².